The summed E-state index contributed by atoms with van der Waals surface area (Å²) in [5, 5.41) is 8.29. The largest absolute Gasteiger partial charge is 0.260 e. The molecule has 0 fully saturated rings. The Bertz CT molecular complexity index is 615. The molecule has 0 aliphatic heterocycles. The minimum atomic E-state index is 0.892. The quantitative estimate of drug-likeness (QED) is 0.604. The minimum absolute atomic E-state index is 0.892. The zero-order valence-corrected chi connectivity index (χ0v) is 11.9. The van der Waals surface area contributed by atoms with Gasteiger partial charge in [0.1, 0.15) is 0 Å². The fourth-order valence-electron chi connectivity index (χ4n) is 1.99. The molecular formula is C16H19N3. The summed E-state index contributed by atoms with van der Waals surface area (Å²) in [5.74, 6) is 0. The van der Waals surface area contributed by atoms with E-state index in [2.05, 4.69) is 54.7 Å². The lowest BCUT2D eigenvalue weighted by Gasteiger charge is -2.05. The number of rotatable bonds is 3. The van der Waals surface area contributed by atoms with Crippen molar-refractivity contribution in [3.8, 4) is 0 Å². The molecule has 98 valence electrons. The summed E-state index contributed by atoms with van der Waals surface area (Å²) in [5.41, 5.74) is 9.64. The van der Waals surface area contributed by atoms with Gasteiger partial charge < -0.3 is 0 Å². The van der Waals surface area contributed by atoms with E-state index in [0.717, 1.165) is 16.9 Å². The van der Waals surface area contributed by atoms with Crippen molar-refractivity contribution in [2.75, 3.05) is 5.43 Å². The van der Waals surface area contributed by atoms with Crippen LogP contribution >= 0.6 is 0 Å². The van der Waals surface area contributed by atoms with Gasteiger partial charge >= 0.3 is 0 Å². The summed E-state index contributed by atoms with van der Waals surface area (Å²) < 4.78 is 0. The molecule has 2 aromatic rings. The molecule has 1 N–H and O–H groups in total. The number of hydrogen-bond acceptors (Lipinski definition) is 2. The topological polar surface area (TPSA) is 36.8 Å². The summed E-state index contributed by atoms with van der Waals surface area (Å²) in [6.07, 6.45) is 0. The number of benzene rings is 2. The van der Waals surface area contributed by atoms with Crippen molar-refractivity contribution >= 4 is 11.4 Å². The Morgan fingerprint density at radius 1 is 0.789 bits per heavy atom. The fourth-order valence-corrected chi connectivity index (χ4v) is 1.99. The van der Waals surface area contributed by atoms with Gasteiger partial charge in [-0.15, -0.1) is 5.11 Å². The molecule has 0 aliphatic carbocycles. The number of nitrogens with one attached hydrogen (secondary N) is 1. The number of aryl methyl sites for hydroxylation is 4. The average molecular weight is 253 g/mol. The summed E-state index contributed by atoms with van der Waals surface area (Å²) >= 11 is 0. The second kappa shape index (κ2) is 5.65. The molecule has 0 radical (unpaired) electrons. The average Bonchev–Trinajstić information content (AvgIpc) is 2.34. The maximum Gasteiger partial charge on any atom is 0.0903 e. The van der Waals surface area contributed by atoms with Crippen LogP contribution in [0.4, 0.5) is 11.4 Å². The van der Waals surface area contributed by atoms with Crippen LogP contribution in [-0.2, 0) is 0 Å². The van der Waals surface area contributed by atoms with Crippen molar-refractivity contribution in [3.05, 3.63) is 58.7 Å². The smallest absolute Gasteiger partial charge is 0.0903 e. The molecule has 19 heavy (non-hydrogen) atoms. The summed E-state index contributed by atoms with van der Waals surface area (Å²) in [7, 11) is 0. The second-order valence-corrected chi connectivity index (χ2v) is 4.92. The third-order valence-corrected chi connectivity index (χ3v) is 3.06. The van der Waals surface area contributed by atoms with Gasteiger partial charge in [0.2, 0.25) is 0 Å². The maximum atomic E-state index is 4.22. The first-order valence-corrected chi connectivity index (χ1v) is 6.37. The molecule has 3 heteroatoms. The van der Waals surface area contributed by atoms with Crippen molar-refractivity contribution in [2.45, 2.75) is 27.7 Å². The van der Waals surface area contributed by atoms with Crippen LogP contribution in [-0.4, -0.2) is 0 Å². The van der Waals surface area contributed by atoms with Gasteiger partial charge in [-0.3, -0.25) is 5.43 Å². The van der Waals surface area contributed by atoms with E-state index < -0.39 is 0 Å². The van der Waals surface area contributed by atoms with Gasteiger partial charge in [-0.1, -0.05) is 40.6 Å². The second-order valence-electron chi connectivity index (χ2n) is 4.92. The third kappa shape index (κ3) is 3.41. The lowest BCUT2D eigenvalue weighted by molar-refractivity contribution is 1.11. The van der Waals surface area contributed by atoms with Crippen molar-refractivity contribution in [2.24, 2.45) is 10.3 Å². The van der Waals surface area contributed by atoms with Crippen LogP contribution in [0.1, 0.15) is 22.3 Å². The Kier molecular flexibility index (Phi) is 3.95. The molecule has 0 atom stereocenters. The maximum absolute atomic E-state index is 4.22. The molecule has 0 aromatic heterocycles. The van der Waals surface area contributed by atoms with Crippen LogP contribution in [0.25, 0.3) is 0 Å². The Balaban J connectivity index is 2.11. The van der Waals surface area contributed by atoms with Crippen LogP contribution < -0.4 is 5.43 Å². The van der Waals surface area contributed by atoms with Gasteiger partial charge in [0.25, 0.3) is 0 Å². The molecule has 2 rings (SSSR count). The lowest BCUT2D eigenvalue weighted by atomic mass is 10.1. The van der Waals surface area contributed by atoms with Gasteiger partial charge in [0.15, 0.2) is 0 Å². The lowest BCUT2D eigenvalue weighted by Crippen LogP contribution is -1.90. The number of hydrogen-bond donors (Lipinski definition) is 1. The molecule has 0 unspecified atom stereocenters. The van der Waals surface area contributed by atoms with Crippen LogP contribution in [0.2, 0.25) is 0 Å². The first-order chi connectivity index (χ1) is 9.06. The molecule has 0 saturated heterocycles. The normalized spacial score (nSPS) is 10.9. The Morgan fingerprint density at radius 2 is 1.42 bits per heavy atom. The molecule has 0 saturated carbocycles. The predicted octanol–water partition coefficient (Wildman–Crippen LogP) is 5.03. The summed E-state index contributed by atoms with van der Waals surface area (Å²) in [6.45, 7) is 8.25. The zero-order chi connectivity index (χ0) is 13.8. The van der Waals surface area contributed by atoms with E-state index in [9.17, 15) is 0 Å². The standard InChI is InChI=1S/C16H19N3/c1-11-5-7-15(13(3)9-11)17-19-18-16-8-6-12(2)10-14(16)4/h5-10H,1-4H3,(H,17,18). The molecule has 0 aliphatic rings. The molecule has 0 bridgehead atoms. The monoisotopic (exact) mass is 253 g/mol. The van der Waals surface area contributed by atoms with Crippen LogP contribution in [0.3, 0.4) is 0 Å². The van der Waals surface area contributed by atoms with Gasteiger partial charge in [-0.2, -0.15) is 0 Å². The van der Waals surface area contributed by atoms with Crippen LogP contribution in [0.5, 0.6) is 0 Å². The third-order valence-electron chi connectivity index (χ3n) is 3.06. The van der Waals surface area contributed by atoms with E-state index in [0.29, 0.717) is 0 Å². The molecule has 3 nitrogen and oxygen atoms in total. The minimum Gasteiger partial charge on any atom is -0.260 e. The fraction of sp³-hybridized carbons (Fsp3) is 0.250. The number of anilines is 1. The van der Waals surface area contributed by atoms with E-state index >= 15 is 0 Å². The first kappa shape index (κ1) is 13.3. The number of nitrogens with zero attached hydrogens (tertiary/aromatic N) is 2. The van der Waals surface area contributed by atoms with E-state index in [-0.39, 0.29) is 0 Å². The van der Waals surface area contributed by atoms with Crippen molar-refractivity contribution in [1.82, 2.24) is 0 Å². The molecule has 0 spiro atoms. The molecule has 0 heterocycles. The highest BCUT2D eigenvalue weighted by molar-refractivity contribution is 5.51. The Hall–Kier alpha value is -2.16. The highest BCUT2D eigenvalue weighted by Crippen LogP contribution is 2.21. The van der Waals surface area contributed by atoms with Gasteiger partial charge in [-0.25, -0.2) is 0 Å². The van der Waals surface area contributed by atoms with Crippen molar-refractivity contribution in [3.63, 3.8) is 0 Å². The van der Waals surface area contributed by atoms with Gasteiger partial charge in [0.05, 0.1) is 11.4 Å². The first-order valence-electron chi connectivity index (χ1n) is 6.37. The highest BCUT2D eigenvalue weighted by atomic mass is 15.4. The van der Waals surface area contributed by atoms with Gasteiger partial charge in [0, 0.05) is 0 Å². The highest BCUT2D eigenvalue weighted by Gasteiger charge is 1.98. The van der Waals surface area contributed by atoms with Crippen LogP contribution in [0, 0.1) is 27.7 Å². The van der Waals surface area contributed by atoms with Gasteiger partial charge in [-0.05, 0) is 51.0 Å². The molecule has 2 aromatic carbocycles. The summed E-state index contributed by atoms with van der Waals surface area (Å²) in [4.78, 5) is 0. The van der Waals surface area contributed by atoms with E-state index in [4.69, 9.17) is 0 Å². The summed E-state index contributed by atoms with van der Waals surface area (Å²) in [6, 6.07) is 12.3. The molecule has 0 amide bonds. The van der Waals surface area contributed by atoms with E-state index in [1.807, 2.05) is 25.1 Å². The van der Waals surface area contributed by atoms with E-state index in [1.54, 1.807) is 0 Å². The zero-order valence-electron chi connectivity index (χ0n) is 11.9. The van der Waals surface area contributed by atoms with Crippen LogP contribution in [0.15, 0.2) is 46.7 Å². The van der Waals surface area contributed by atoms with E-state index in [1.165, 1.54) is 16.7 Å². The molecular weight excluding hydrogens is 234 g/mol. The predicted molar refractivity (Wildman–Crippen MR) is 80.0 cm³/mol. The Labute approximate surface area is 114 Å². The Morgan fingerprint density at radius 3 is 2.05 bits per heavy atom. The van der Waals surface area contributed by atoms with Crippen molar-refractivity contribution in [1.29, 1.82) is 0 Å². The van der Waals surface area contributed by atoms with Crippen molar-refractivity contribution < 1.29 is 0 Å². The SMILES string of the molecule is Cc1ccc(N=NNc2ccc(C)cc2C)c(C)c1.